The Morgan fingerprint density at radius 2 is 1.81 bits per heavy atom. The van der Waals surface area contributed by atoms with Crippen LogP contribution in [0.1, 0.15) is 25.5 Å². The molecule has 0 saturated heterocycles. The number of rotatable bonds is 9. The quantitative estimate of drug-likeness (QED) is 0.370. The molecule has 0 aliphatic carbocycles. The molecule has 4 N–H and O–H groups in total. The van der Waals surface area contributed by atoms with Gasteiger partial charge >= 0.3 is 0 Å². The second-order valence-electron chi connectivity index (χ2n) is 6.51. The lowest BCUT2D eigenvalue weighted by Crippen LogP contribution is -2.26. The molecule has 0 aliphatic heterocycles. The first kappa shape index (κ1) is 23.7. The highest BCUT2D eigenvalue weighted by Gasteiger charge is 2.11. The SMILES string of the molecule is CC(=O)NCCNc1cc(Nc2cnccn2)nc(N[C@@H](C)c2ccc(F)cc2)n1.Cl. The van der Waals surface area contributed by atoms with Crippen LogP contribution in [-0.2, 0) is 4.79 Å². The highest BCUT2D eigenvalue weighted by molar-refractivity contribution is 5.85. The Morgan fingerprint density at radius 3 is 2.48 bits per heavy atom. The van der Waals surface area contributed by atoms with Gasteiger partial charge in [-0.15, -0.1) is 12.4 Å². The minimum absolute atomic E-state index is 0. The van der Waals surface area contributed by atoms with E-state index in [9.17, 15) is 9.18 Å². The molecule has 2 aromatic heterocycles. The van der Waals surface area contributed by atoms with Crippen LogP contribution in [0.5, 0.6) is 0 Å². The summed E-state index contributed by atoms with van der Waals surface area (Å²) in [5.41, 5.74) is 0.896. The van der Waals surface area contributed by atoms with Crippen LogP contribution in [0, 0.1) is 5.82 Å². The van der Waals surface area contributed by atoms with Crippen LogP contribution in [-0.4, -0.2) is 38.9 Å². The van der Waals surface area contributed by atoms with Crippen LogP contribution in [0.3, 0.4) is 0 Å². The van der Waals surface area contributed by atoms with E-state index in [1.165, 1.54) is 19.1 Å². The van der Waals surface area contributed by atoms with Crippen LogP contribution in [0.2, 0.25) is 0 Å². The molecule has 0 radical (unpaired) electrons. The van der Waals surface area contributed by atoms with Gasteiger partial charge in [-0.05, 0) is 24.6 Å². The molecule has 0 unspecified atom stereocenters. The van der Waals surface area contributed by atoms with E-state index < -0.39 is 0 Å². The molecule has 3 aromatic rings. The van der Waals surface area contributed by atoms with Crippen molar-refractivity contribution in [1.29, 1.82) is 0 Å². The van der Waals surface area contributed by atoms with Gasteiger partial charge in [0, 0.05) is 38.5 Å². The summed E-state index contributed by atoms with van der Waals surface area (Å²) in [6, 6.07) is 7.83. The summed E-state index contributed by atoms with van der Waals surface area (Å²) in [5.74, 6) is 1.61. The number of amides is 1. The molecule has 1 amide bonds. The monoisotopic (exact) mass is 446 g/mol. The Hall–Kier alpha value is -3.53. The number of benzene rings is 1. The van der Waals surface area contributed by atoms with Crippen LogP contribution < -0.4 is 21.3 Å². The lowest BCUT2D eigenvalue weighted by Gasteiger charge is -2.16. The zero-order valence-corrected chi connectivity index (χ0v) is 17.9. The van der Waals surface area contributed by atoms with Crippen LogP contribution in [0.25, 0.3) is 0 Å². The first-order valence-corrected chi connectivity index (χ1v) is 9.42. The van der Waals surface area contributed by atoms with E-state index in [0.29, 0.717) is 36.5 Å². The minimum Gasteiger partial charge on any atom is -0.368 e. The fourth-order valence-corrected chi connectivity index (χ4v) is 2.62. The molecular formula is C20H24ClFN8O. The third-order valence-electron chi connectivity index (χ3n) is 4.07. The van der Waals surface area contributed by atoms with Crippen LogP contribution in [0.4, 0.5) is 27.8 Å². The Bertz CT molecular complexity index is 975. The standard InChI is InChI=1S/C20H23FN8O.ClH/c1-13(15-3-5-16(21)6-4-15)26-20-28-17(24-10-9-23-14(2)30)11-18(29-20)27-19-12-22-7-8-25-19;/h3-8,11-13H,9-10H2,1-2H3,(H,23,30)(H3,24,25,26,27,28,29);1H/t13-;/m0./s1. The third kappa shape index (κ3) is 7.67. The molecule has 1 aromatic carbocycles. The van der Waals surface area contributed by atoms with Crippen molar-refractivity contribution in [3.63, 3.8) is 0 Å². The van der Waals surface area contributed by atoms with Gasteiger partial charge in [-0.25, -0.2) is 9.37 Å². The largest absolute Gasteiger partial charge is 0.368 e. The fourth-order valence-electron chi connectivity index (χ4n) is 2.62. The number of halogens is 2. The first-order chi connectivity index (χ1) is 14.5. The van der Waals surface area contributed by atoms with Crippen molar-refractivity contribution in [3.8, 4) is 0 Å². The van der Waals surface area contributed by atoms with E-state index in [1.807, 2.05) is 6.92 Å². The van der Waals surface area contributed by atoms with Gasteiger partial charge in [0.2, 0.25) is 11.9 Å². The highest BCUT2D eigenvalue weighted by atomic mass is 35.5. The predicted octanol–water partition coefficient (Wildman–Crippen LogP) is 3.29. The van der Waals surface area contributed by atoms with E-state index in [2.05, 4.69) is 41.2 Å². The minimum atomic E-state index is -0.289. The molecule has 0 fully saturated rings. The number of aromatic nitrogens is 4. The van der Waals surface area contributed by atoms with Gasteiger partial charge in [0.1, 0.15) is 23.3 Å². The zero-order chi connectivity index (χ0) is 21.3. The number of hydrogen-bond donors (Lipinski definition) is 4. The van der Waals surface area contributed by atoms with Crippen molar-refractivity contribution in [3.05, 3.63) is 60.3 Å². The van der Waals surface area contributed by atoms with Gasteiger partial charge in [0.05, 0.1) is 12.2 Å². The summed E-state index contributed by atoms with van der Waals surface area (Å²) in [6.45, 7) is 4.35. The average molecular weight is 447 g/mol. The van der Waals surface area contributed by atoms with Crippen molar-refractivity contribution in [2.24, 2.45) is 0 Å². The summed E-state index contributed by atoms with van der Waals surface area (Å²) >= 11 is 0. The first-order valence-electron chi connectivity index (χ1n) is 9.42. The summed E-state index contributed by atoms with van der Waals surface area (Å²) in [5, 5.41) is 12.2. The van der Waals surface area contributed by atoms with E-state index >= 15 is 0 Å². The maximum Gasteiger partial charge on any atom is 0.227 e. The van der Waals surface area contributed by atoms with Crippen molar-refractivity contribution in [2.75, 3.05) is 29.0 Å². The topological polar surface area (TPSA) is 117 Å². The van der Waals surface area contributed by atoms with Crippen molar-refractivity contribution < 1.29 is 9.18 Å². The van der Waals surface area contributed by atoms with Crippen molar-refractivity contribution >= 4 is 41.7 Å². The number of nitrogens with one attached hydrogen (secondary N) is 4. The van der Waals surface area contributed by atoms with Gasteiger partial charge in [0.25, 0.3) is 0 Å². The highest BCUT2D eigenvalue weighted by Crippen LogP contribution is 2.21. The van der Waals surface area contributed by atoms with Crippen LogP contribution in [0.15, 0.2) is 48.9 Å². The molecule has 3 rings (SSSR count). The summed E-state index contributed by atoms with van der Waals surface area (Å²) < 4.78 is 13.2. The molecule has 2 heterocycles. The number of carbonyl (C=O) groups is 1. The number of anilines is 4. The van der Waals surface area contributed by atoms with Gasteiger partial charge < -0.3 is 21.3 Å². The second-order valence-corrected chi connectivity index (χ2v) is 6.51. The van der Waals surface area contributed by atoms with Crippen molar-refractivity contribution in [2.45, 2.75) is 19.9 Å². The number of carbonyl (C=O) groups excluding carboxylic acids is 1. The molecule has 0 saturated carbocycles. The normalized spacial score (nSPS) is 11.1. The van der Waals surface area contributed by atoms with E-state index in [1.54, 1.807) is 36.8 Å². The molecule has 9 nitrogen and oxygen atoms in total. The molecule has 0 spiro atoms. The molecule has 0 aliphatic rings. The Balaban J connectivity index is 0.00000341. The molecule has 0 bridgehead atoms. The Kier molecular flexibility index (Phi) is 8.89. The third-order valence-corrected chi connectivity index (χ3v) is 4.07. The molecule has 164 valence electrons. The number of nitrogens with zero attached hydrogens (tertiary/aromatic N) is 4. The molecule has 31 heavy (non-hydrogen) atoms. The maximum absolute atomic E-state index is 13.2. The van der Waals surface area contributed by atoms with Gasteiger partial charge in [0.15, 0.2) is 0 Å². The zero-order valence-electron chi connectivity index (χ0n) is 17.1. The summed E-state index contributed by atoms with van der Waals surface area (Å²) in [4.78, 5) is 28.2. The molecule has 1 atom stereocenters. The predicted molar refractivity (Wildman–Crippen MR) is 120 cm³/mol. The maximum atomic E-state index is 13.2. The average Bonchev–Trinajstić information content (AvgIpc) is 2.72. The Labute approximate surface area is 185 Å². The molecule has 11 heteroatoms. The lowest BCUT2D eigenvalue weighted by molar-refractivity contribution is -0.118. The smallest absolute Gasteiger partial charge is 0.227 e. The molecular weight excluding hydrogens is 423 g/mol. The van der Waals surface area contributed by atoms with E-state index in [4.69, 9.17) is 0 Å². The second kappa shape index (κ2) is 11.6. The van der Waals surface area contributed by atoms with Crippen LogP contribution >= 0.6 is 12.4 Å². The summed E-state index contributed by atoms with van der Waals surface area (Å²) in [6.07, 6.45) is 4.74. The van der Waals surface area contributed by atoms with E-state index in [0.717, 1.165) is 5.56 Å². The fraction of sp³-hybridized carbons (Fsp3) is 0.250. The van der Waals surface area contributed by atoms with E-state index in [-0.39, 0.29) is 30.2 Å². The van der Waals surface area contributed by atoms with Gasteiger partial charge in [-0.1, -0.05) is 12.1 Å². The number of hydrogen-bond acceptors (Lipinski definition) is 8. The Morgan fingerprint density at radius 1 is 1.06 bits per heavy atom. The van der Waals surface area contributed by atoms with Gasteiger partial charge in [-0.3, -0.25) is 9.78 Å². The van der Waals surface area contributed by atoms with Gasteiger partial charge in [-0.2, -0.15) is 9.97 Å². The lowest BCUT2D eigenvalue weighted by atomic mass is 10.1. The van der Waals surface area contributed by atoms with Crippen molar-refractivity contribution in [1.82, 2.24) is 25.3 Å². The summed E-state index contributed by atoms with van der Waals surface area (Å²) in [7, 11) is 0.